The van der Waals surface area contributed by atoms with Crippen LogP contribution in [0.15, 0.2) is 12.4 Å². The number of hydrogen-bond donors (Lipinski definition) is 1. The molecule has 4 heterocycles. The highest BCUT2D eigenvalue weighted by Gasteiger charge is 2.33. The van der Waals surface area contributed by atoms with Crippen LogP contribution in [0, 0.1) is 5.92 Å². The van der Waals surface area contributed by atoms with E-state index in [0.717, 1.165) is 56.5 Å². The number of nitrogens with one attached hydrogen (secondary N) is 1. The lowest BCUT2D eigenvalue weighted by Crippen LogP contribution is -2.43. The molecule has 1 saturated carbocycles. The molecule has 2 saturated heterocycles. The quantitative estimate of drug-likeness (QED) is 0.881. The van der Waals surface area contributed by atoms with Crippen molar-refractivity contribution >= 4 is 17.1 Å². The largest absolute Gasteiger partial charge is 0.342 e. The maximum atomic E-state index is 12.6. The standard InChI is InChI=1S/C22H31N5O/c28-22(17-5-4-6-17)27-13-7-16(8-14-27)19-18(15-26-11-2-1-3-12-26)20-21(25-19)24-10-9-23-20/h9-10,16-17H,1-8,11-15H2,(H,24,25). The molecule has 6 nitrogen and oxygen atoms in total. The highest BCUT2D eigenvalue weighted by molar-refractivity contribution is 5.80. The van der Waals surface area contributed by atoms with Gasteiger partial charge in [0.05, 0.1) is 0 Å². The lowest BCUT2D eigenvalue weighted by molar-refractivity contribution is -0.139. The molecule has 0 bridgehead atoms. The fourth-order valence-corrected chi connectivity index (χ4v) is 5.13. The van der Waals surface area contributed by atoms with Gasteiger partial charge in [-0.05, 0) is 51.6 Å². The molecule has 1 aliphatic carbocycles. The molecule has 2 aliphatic heterocycles. The van der Waals surface area contributed by atoms with Crippen LogP contribution in [0.4, 0.5) is 0 Å². The van der Waals surface area contributed by atoms with Gasteiger partial charge in [0.2, 0.25) is 5.91 Å². The summed E-state index contributed by atoms with van der Waals surface area (Å²) >= 11 is 0. The molecule has 3 aliphatic rings. The smallest absolute Gasteiger partial charge is 0.225 e. The second-order valence-corrected chi connectivity index (χ2v) is 8.83. The minimum Gasteiger partial charge on any atom is -0.342 e. The summed E-state index contributed by atoms with van der Waals surface area (Å²) in [5.41, 5.74) is 4.62. The van der Waals surface area contributed by atoms with Crippen molar-refractivity contribution in [3.8, 4) is 0 Å². The second kappa shape index (κ2) is 7.82. The minimum absolute atomic E-state index is 0.313. The third-order valence-corrected chi connectivity index (χ3v) is 7.06. The summed E-state index contributed by atoms with van der Waals surface area (Å²) < 4.78 is 0. The highest BCUT2D eigenvalue weighted by Crippen LogP contribution is 2.35. The lowest BCUT2D eigenvalue weighted by atomic mass is 9.83. The zero-order chi connectivity index (χ0) is 18.9. The van der Waals surface area contributed by atoms with E-state index in [0.29, 0.717) is 17.7 Å². The van der Waals surface area contributed by atoms with Crippen LogP contribution >= 0.6 is 0 Å². The first-order chi connectivity index (χ1) is 13.8. The Morgan fingerprint density at radius 1 is 0.964 bits per heavy atom. The Hall–Kier alpha value is -1.95. The molecule has 150 valence electrons. The minimum atomic E-state index is 0.313. The van der Waals surface area contributed by atoms with Crippen LogP contribution in [-0.4, -0.2) is 56.8 Å². The molecule has 0 unspecified atom stereocenters. The van der Waals surface area contributed by atoms with Crippen molar-refractivity contribution in [2.45, 2.75) is 63.8 Å². The maximum Gasteiger partial charge on any atom is 0.225 e. The zero-order valence-electron chi connectivity index (χ0n) is 16.7. The van der Waals surface area contributed by atoms with Crippen molar-refractivity contribution < 1.29 is 4.79 Å². The molecular weight excluding hydrogens is 350 g/mol. The Morgan fingerprint density at radius 2 is 1.71 bits per heavy atom. The maximum absolute atomic E-state index is 12.6. The van der Waals surface area contributed by atoms with Gasteiger partial charge in [-0.3, -0.25) is 14.7 Å². The number of rotatable bonds is 4. The van der Waals surface area contributed by atoms with Crippen LogP contribution in [0.2, 0.25) is 0 Å². The average molecular weight is 382 g/mol. The van der Waals surface area contributed by atoms with Gasteiger partial charge in [-0.2, -0.15) is 0 Å². The number of amides is 1. The predicted molar refractivity (Wildman–Crippen MR) is 109 cm³/mol. The number of H-pyrrole nitrogens is 1. The third kappa shape index (κ3) is 3.43. The summed E-state index contributed by atoms with van der Waals surface area (Å²) in [4.78, 5) is 30.1. The molecule has 0 radical (unpaired) electrons. The first kappa shape index (κ1) is 18.1. The number of piperidine rings is 2. The average Bonchev–Trinajstić information content (AvgIpc) is 3.06. The molecule has 0 spiro atoms. The molecule has 6 heteroatoms. The molecular formula is C22H31N5O. The first-order valence-electron chi connectivity index (χ1n) is 11.1. The molecule has 3 fully saturated rings. The van der Waals surface area contributed by atoms with E-state index >= 15 is 0 Å². The molecule has 28 heavy (non-hydrogen) atoms. The summed E-state index contributed by atoms with van der Waals surface area (Å²) in [6.07, 6.45) is 13.0. The molecule has 2 aromatic rings. The number of carbonyl (C=O) groups is 1. The van der Waals surface area contributed by atoms with Gasteiger partial charge in [-0.1, -0.05) is 12.8 Å². The first-order valence-corrected chi connectivity index (χ1v) is 11.1. The van der Waals surface area contributed by atoms with Crippen LogP contribution in [0.1, 0.15) is 68.5 Å². The number of fused-ring (bicyclic) bond motifs is 1. The summed E-state index contributed by atoms with van der Waals surface area (Å²) in [5, 5.41) is 0. The topological polar surface area (TPSA) is 65.1 Å². The van der Waals surface area contributed by atoms with Crippen molar-refractivity contribution in [1.29, 1.82) is 0 Å². The normalized spacial score (nSPS) is 22.5. The van der Waals surface area contributed by atoms with Crippen molar-refractivity contribution in [3.63, 3.8) is 0 Å². The van der Waals surface area contributed by atoms with Gasteiger partial charge in [0, 0.05) is 55.1 Å². The fourth-order valence-electron chi connectivity index (χ4n) is 5.13. The number of likely N-dealkylation sites (tertiary alicyclic amines) is 2. The van der Waals surface area contributed by atoms with Crippen LogP contribution in [0.5, 0.6) is 0 Å². The van der Waals surface area contributed by atoms with E-state index in [9.17, 15) is 4.79 Å². The van der Waals surface area contributed by atoms with Gasteiger partial charge in [-0.25, -0.2) is 4.98 Å². The molecule has 2 aromatic heterocycles. The SMILES string of the molecule is O=C(C1CCC1)N1CCC(c2[nH]c3nccnc3c2CN2CCCCC2)CC1. The summed E-state index contributed by atoms with van der Waals surface area (Å²) in [6, 6.07) is 0. The fraction of sp³-hybridized carbons (Fsp3) is 0.682. The molecule has 1 N–H and O–H groups in total. The van der Waals surface area contributed by atoms with E-state index in [1.807, 2.05) is 0 Å². The van der Waals surface area contributed by atoms with Crippen LogP contribution in [0.3, 0.4) is 0 Å². The van der Waals surface area contributed by atoms with Gasteiger partial charge in [0.15, 0.2) is 5.65 Å². The Labute approximate surface area is 166 Å². The molecule has 1 amide bonds. The Balaban J connectivity index is 1.35. The Kier molecular flexibility index (Phi) is 5.05. The van der Waals surface area contributed by atoms with Gasteiger partial charge >= 0.3 is 0 Å². The number of carbonyl (C=O) groups excluding carboxylic acids is 1. The number of nitrogens with zero attached hydrogens (tertiary/aromatic N) is 4. The van der Waals surface area contributed by atoms with E-state index in [1.165, 1.54) is 50.0 Å². The van der Waals surface area contributed by atoms with Crippen molar-refractivity contribution in [3.05, 3.63) is 23.7 Å². The highest BCUT2D eigenvalue weighted by atomic mass is 16.2. The number of aromatic amines is 1. The van der Waals surface area contributed by atoms with Gasteiger partial charge in [0.1, 0.15) is 5.52 Å². The van der Waals surface area contributed by atoms with Gasteiger partial charge in [-0.15, -0.1) is 0 Å². The number of hydrogen-bond acceptors (Lipinski definition) is 4. The van der Waals surface area contributed by atoms with Crippen molar-refractivity contribution in [2.75, 3.05) is 26.2 Å². The van der Waals surface area contributed by atoms with Crippen molar-refractivity contribution in [2.24, 2.45) is 5.92 Å². The van der Waals surface area contributed by atoms with Gasteiger partial charge < -0.3 is 9.88 Å². The third-order valence-electron chi connectivity index (χ3n) is 7.06. The lowest BCUT2D eigenvalue weighted by Gasteiger charge is -2.37. The number of aromatic nitrogens is 3. The monoisotopic (exact) mass is 381 g/mol. The van der Waals surface area contributed by atoms with E-state index in [4.69, 9.17) is 0 Å². The zero-order valence-corrected chi connectivity index (χ0v) is 16.7. The molecule has 0 atom stereocenters. The summed E-state index contributed by atoms with van der Waals surface area (Å²) in [7, 11) is 0. The van der Waals surface area contributed by atoms with Gasteiger partial charge in [0.25, 0.3) is 0 Å². The Morgan fingerprint density at radius 3 is 2.43 bits per heavy atom. The second-order valence-electron chi connectivity index (χ2n) is 8.83. The molecule has 0 aromatic carbocycles. The Bertz CT molecular complexity index is 829. The molecule has 5 rings (SSSR count). The van der Waals surface area contributed by atoms with E-state index < -0.39 is 0 Å². The van der Waals surface area contributed by atoms with Crippen LogP contribution in [-0.2, 0) is 11.3 Å². The van der Waals surface area contributed by atoms with Crippen molar-refractivity contribution in [1.82, 2.24) is 24.8 Å². The van der Waals surface area contributed by atoms with E-state index in [2.05, 4.69) is 24.8 Å². The van der Waals surface area contributed by atoms with E-state index in [1.54, 1.807) is 12.4 Å². The van der Waals surface area contributed by atoms with E-state index in [-0.39, 0.29) is 0 Å². The predicted octanol–water partition coefficient (Wildman–Crippen LogP) is 3.45. The summed E-state index contributed by atoms with van der Waals surface area (Å²) in [5.74, 6) is 1.19. The van der Waals surface area contributed by atoms with Crippen LogP contribution < -0.4 is 0 Å². The summed E-state index contributed by atoms with van der Waals surface area (Å²) in [6.45, 7) is 5.11. The van der Waals surface area contributed by atoms with Crippen LogP contribution in [0.25, 0.3) is 11.2 Å².